The van der Waals surface area contributed by atoms with Crippen molar-refractivity contribution in [1.82, 2.24) is 25.2 Å². The van der Waals surface area contributed by atoms with Gasteiger partial charge < -0.3 is 15.0 Å². The van der Waals surface area contributed by atoms with Crippen molar-refractivity contribution in [3.63, 3.8) is 0 Å². The van der Waals surface area contributed by atoms with Gasteiger partial charge >= 0.3 is 0 Å². The first-order valence-corrected chi connectivity index (χ1v) is 10.2. The van der Waals surface area contributed by atoms with Gasteiger partial charge in [-0.2, -0.15) is 0 Å². The van der Waals surface area contributed by atoms with Gasteiger partial charge in [-0.1, -0.05) is 24.5 Å². The van der Waals surface area contributed by atoms with Crippen molar-refractivity contribution in [2.75, 3.05) is 26.8 Å². The Hall–Kier alpha value is -2.03. The second kappa shape index (κ2) is 9.95. The first kappa shape index (κ1) is 20.7. The lowest BCUT2D eigenvalue weighted by Gasteiger charge is -2.27. The third kappa shape index (κ3) is 5.50. The molecule has 0 spiro atoms. The number of carbonyl (C=O) groups is 2. The fourth-order valence-electron chi connectivity index (χ4n) is 4.16. The van der Waals surface area contributed by atoms with E-state index in [-0.39, 0.29) is 30.1 Å². The van der Waals surface area contributed by atoms with Crippen LogP contribution in [0.25, 0.3) is 0 Å². The Bertz CT molecular complexity index is 662. The van der Waals surface area contributed by atoms with E-state index in [2.05, 4.69) is 15.6 Å². The number of hydrogen-bond donors (Lipinski definition) is 1. The molecule has 2 aliphatic rings. The first-order chi connectivity index (χ1) is 13.6. The number of amides is 2. The smallest absolute Gasteiger partial charge is 0.273 e. The number of aromatic nitrogens is 3. The van der Waals surface area contributed by atoms with Crippen LogP contribution < -0.4 is 5.32 Å². The Morgan fingerprint density at radius 1 is 1.32 bits per heavy atom. The number of alkyl halides is 1. The molecule has 8 nitrogen and oxygen atoms in total. The Balaban J connectivity index is 1.56. The lowest BCUT2D eigenvalue weighted by molar-refractivity contribution is -0.133. The third-order valence-electron chi connectivity index (χ3n) is 5.63. The molecule has 2 heterocycles. The predicted molar refractivity (Wildman–Crippen MR) is 100 cm³/mol. The molecule has 1 saturated heterocycles. The minimum absolute atomic E-state index is 0.0368. The Morgan fingerprint density at radius 2 is 2.11 bits per heavy atom. The topological polar surface area (TPSA) is 89.4 Å². The third-order valence-corrected chi connectivity index (χ3v) is 5.63. The summed E-state index contributed by atoms with van der Waals surface area (Å²) in [6.45, 7) is 1.29. The van der Waals surface area contributed by atoms with E-state index in [0.717, 1.165) is 12.8 Å². The summed E-state index contributed by atoms with van der Waals surface area (Å²) in [5.74, 6) is 0.132. The van der Waals surface area contributed by atoms with E-state index in [1.54, 1.807) is 12.0 Å². The average molecular weight is 395 g/mol. The number of halogens is 1. The lowest BCUT2D eigenvalue weighted by atomic mass is 9.86. The van der Waals surface area contributed by atoms with E-state index in [1.165, 1.54) is 30.1 Å². The summed E-state index contributed by atoms with van der Waals surface area (Å²) in [6.07, 6.45) is 7.12. The van der Waals surface area contributed by atoms with Gasteiger partial charge in [0.2, 0.25) is 5.91 Å². The maximum absolute atomic E-state index is 14.1. The molecule has 3 rings (SSSR count). The first-order valence-electron chi connectivity index (χ1n) is 10.2. The monoisotopic (exact) mass is 395 g/mol. The van der Waals surface area contributed by atoms with Crippen LogP contribution >= 0.6 is 0 Å². The van der Waals surface area contributed by atoms with Crippen molar-refractivity contribution >= 4 is 11.8 Å². The molecule has 1 aromatic rings. The molecule has 9 heteroatoms. The molecule has 1 saturated carbocycles. The molecule has 156 valence electrons. The van der Waals surface area contributed by atoms with Gasteiger partial charge in [-0.05, 0) is 18.8 Å². The van der Waals surface area contributed by atoms with Crippen LogP contribution in [0.4, 0.5) is 4.39 Å². The number of nitrogens with one attached hydrogen (secondary N) is 1. The van der Waals surface area contributed by atoms with E-state index >= 15 is 0 Å². The number of ether oxygens (including phenoxy) is 1. The number of carbonyl (C=O) groups excluding carboxylic acids is 2. The summed E-state index contributed by atoms with van der Waals surface area (Å²) in [5, 5.41) is 10.5. The van der Waals surface area contributed by atoms with Gasteiger partial charge in [-0.15, -0.1) is 5.10 Å². The lowest BCUT2D eigenvalue weighted by Crippen LogP contribution is -2.39. The number of likely N-dealkylation sites (tertiary alicyclic amines) is 1. The molecule has 0 aromatic carbocycles. The number of nitrogens with zero attached hydrogens (tertiary/aromatic N) is 4. The van der Waals surface area contributed by atoms with Crippen molar-refractivity contribution in [2.45, 2.75) is 63.7 Å². The molecule has 2 amide bonds. The molecule has 2 unspecified atom stereocenters. The molecule has 0 bridgehead atoms. The van der Waals surface area contributed by atoms with Crippen LogP contribution in [0.1, 0.15) is 55.4 Å². The minimum atomic E-state index is -1.01. The Morgan fingerprint density at radius 3 is 2.86 bits per heavy atom. The van der Waals surface area contributed by atoms with Crippen LogP contribution in [0, 0.1) is 5.92 Å². The summed E-state index contributed by atoms with van der Waals surface area (Å²) >= 11 is 0. The highest BCUT2D eigenvalue weighted by Crippen LogP contribution is 2.29. The summed E-state index contributed by atoms with van der Waals surface area (Å²) in [4.78, 5) is 26.4. The van der Waals surface area contributed by atoms with Gasteiger partial charge in [0.25, 0.3) is 5.91 Å². The maximum atomic E-state index is 14.1. The zero-order chi connectivity index (χ0) is 19.9. The minimum Gasteiger partial charge on any atom is -0.383 e. The van der Waals surface area contributed by atoms with Gasteiger partial charge in [-0.3, -0.25) is 9.59 Å². The molecule has 1 aromatic heterocycles. The molecule has 2 atom stereocenters. The highest BCUT2D eigenvalue weighted by molar-refractivity contribution is 5.91. The molecule has 2 fully saturated rings. The molecule has 1 aliphatic heterocycles. The fraction of sp³-hybridized carbons (Fsp3) is 0.789. The van der Waals surface area contributed by atoms with Crippen LogP contribution in [-0.2, 0) is 16.1 Å². The number of rotatable bonds is 8. The average Bonchev–Trinajstić information content (AvgIpc) is 3.29. The van der Waals surface area contributed by atoms with E-state index in [9.17, 15) is 14.0 Å². The highest BCUT2D eigenvalue weighted by atomic mass is 19.1. The number of hydrogen-bond acceptors (Lipinski definition) is 5. The second-order valence-electron chi connectivity index (χ2n) is 7.82. The van der Waals surface area contributed by atoms with E-state index in [0.29, 0.717) is 38.5 Å². The van der Waals surface area contributed by atoms with E-state index in [1.807, 2.05) is 0 Å². The fourth-order valence-corrected chi connectivity index (χ4v) is 4.16. The van der Waals surface area contributed by atoms with Gasteiger partial charge in [0.05, 0.1) is 31.9 Å². The number of methoxy groups -OCH3 is 1. The Labute approximate surface area is 164 Å². The molecule has 1 N–H and O–H groups in total. The van der Waals surface area contributed by atoms with E-state index in [4.69, 9.17) is 4.74 Å². The molecule has 28 heavy (non-hydrogen) atoms. The predicted octanol–water partition coefficient (Wildman–Crippen LogP) is 1.56. The van der Waals surface area contributed by atoms with Crippen molar-refractivity contribution in [3.8, 4) is 0 Å². The normalized spacial score (nSPS) is 23.1. The Kier molecular flexibility index (Phi) is 7.36. The van der Waals surface area contributed by atoms with E-state index < -0.39 is 6.17 Å². The largest absolute Gasteiger partial charge is 0.383 e. The summed E-state index contributed by atoms with van der Waals surface area (Å²) in [5.41, 5.74) is 0.200. The van der Waals surface area contributed by atoms with Crippen molar-refractivity contribution in [3.05, 3.63) is 11.9 Å². The second-order valence-corrected chi connectivity index (χ2v) is 7.82. The van der Waals surface area contributed by atoms with Gasteiger partial charge in [0.15, 0.2) is 5.69 Å². The summed E-state index contributed by atoms with van der Waals surface area (Å²) < 4.78 is 20.5. The van der Waals surface area contributed by atoms with Crippen LogP contribution in [0.3, 0.4) is 0 Å². The van der Waals surface area contributed by atoms with Crippen LogP contribution in [0.5, 0.6) is 0 Å². The quantitative estimate of drug-likeness (QED) is 0.675. The molecular weight excluding hydrogens is 365 g/mol. The highest BCUT2D eigenvalue weighted by Gasteiger charge is 2.36. The van der Waals surface area contributed by atoms with Crippen LogP contribution in [-0.4, -0.2) is 70.7 Å². The van der Waals surface area contributed by atoms with Crippen molar-refractivity contribution in [1.29, 1.82) is 0 Å². The summed E-state index contributed by atoms with van der Waals surface area (Å²) in [7, 11) is 1.56. The SMILES string of the molecule is COCCNC(=O)c1cn(CC2CC(F)CN2C(=O)CC2CCCCC2)nn1. The standard InChI is InChI=1S/C19H30FN5O3/c1-28-8-7-21-19(27)17-13-24(23-22-17)12-16-10-15(20)11-25(16)18(26)9-14-5-3-2-4-6-14/h13-16H,2-12H2,1H3,(H,21,27). The summed E-state index contributed by atoms with van der Waals surface area (Å²) in [6, 6.07) is -0.253. The van der Waals surface area contributed by atoms with Crippen LogP contribution in [0.2, 0.25) is 0 Å². The van der Waals surface area contributed by atoms with Crippen LogP contribution in [0.15, 0.2) is 6.20 Å². The van der Waals surface area contributed by atoms with Crippen molar-refractivity contribution in [2.24, 2.45) is 5.92 Å². The van der Waals surface area contributed by atoms with Gasteiger partial charge in [0, 0.05) is 26.5 Å². The molecule has 1 aliphatic carbocycles. The molecular formula is C19H30FN5O3. The van der Waals surface area contributed by atoms with Gasteiger partial charge in [-0.25, -0.2) is 9.07 Å². The maximum Gasteiger partial charge on any atom is 0.273 e. The zero-order valence-corrected chi connectivity index (χ0v) is 16.5. The zero-order valence-electron chi connectivity index (χ0n) is 16.5. The molecule has 0 radical (unpaired) electrons. The van der Waals surface area contributed by atoms with Crippen molar-refractivity contribution < 1.29 is 18.7 Å². The van der Waals surface area contributed by atoms with Gasteiger partial charge in [0.1, 0.15) is 6.17 Å².